The van der Waals surface area contributed by atoms with Crippen LogP contribution in [0.15, 0.2) is 36.4 Å². The first kappa shape index (κ1) is 13.6. The molecule has 108 valence electrons. The van der Waals surface area contributed by atoms with Crippen molar-refractivity contribution in [1.29, 1.82) is 0 Å². The highest BCUT2D eigenvalue weighted by Crippen LogP contribution is 2.35. The van der Waals surface area contributed by atoms with E-state index in [2.05, 4.69) is 18.2 Å². The Morgan fingerprint density at radius 3 is 2.33 bits per heavy atom. The minimum absolute atomic E-state index is 0.756. The average molecular weight is 281 g/mol. The van der Waals surface area contributed by atoms with Crippen LogP contribution in [0, 0.1) is 0 Å². The fourth-order valence-corrected chi connectivity index (χ4v) is 2.76. The third-order valence-electron chi connectivity index (χ3n) is 3.95. The Balaban J connectivity index is 2.01. The highest BCUT2D eigenvalue weighted by atomic mass is 16.5. The van der Waals surface area contributed by atoms with Crippen LogP contribution in [0.1, 0.15) is 23.1 Å². The molecule has 0 aliphatic heterocycles. The molecular weight excluding hydrogens is 262 g/mol. The van der Waals surface area contributed by atoms with Gasteiger partial charge in [-0.25, -0.2) is 0 Å². The number of anilines is 1. The van der Waals surface area contributed by atoms with Crippen LogP contribution in [-0.4, -0.2) is 14.2 Å². The highest BCUT2D eigenvalue weighted by Gasteiger charge is 2.14. The van der Waals surface area contributed by atoms with Crippen LogP contribution >= 0.6 is 0 Å². The van der Waals surface area contributed by atoms with Gasteiger partial charge in [0.2, 0.25) is 0 Å². The van der Waals surface area contributed by atoms with E-state index in [1.165, 1.54) is 16.7 Å². The zero-order valence-electron chi connectivity index (χ0n) is 12.3. The summed E-state index contributed by atoms with van der Waals surface area (Å²) in [6, 6.07) is 12.1. The van der Waals surface area contributed by atoms with Crippen molar-refractivity contribution < 1.29 is 9.47 Å². The monoisotopic (exact) mass is 281 g/mol. The van der Waals surface area contributed by atoms with Gasteiger partial charge in [0.15, 0.2) is 0 Å². The maximum atomic E-state index is 6.16. The van der Waals surface area contributed by atoms with Gasteiger partial charge < -0.3 is 15.2 Å². The largest absolute Gasteiger partial charge is 0.497 e. The molecule has 21 heavy (non-hydrogen) atoms. The van der Waals surface area contributed by atoms with Gasteiger partial charge in [0.05, 0.1) is 14.2 Å². The molecule has 1 aliphatic rings. The van der Waals surface area contributed by atoms with Crippen LogP contribution in [0.2, 0.25) is 0 Å². The first-order chi connectivity index (χ1) is 10.2. The molecule has 2 N–H and O–H groups in total. The van der Waals surface area contributed by atoms with Gasteiger partial charge in [-0.2, -0.15) is 0 Å². The molecule has 0 bridgehead atoms. The molecule has 3 nitrogen and oxygen atoms in total. The lowest BCUT2D eigenvalue weighted by Gasteiger charge is -2.19. The second-order valence-electron chi connectivity index (χ2n) is 5.19. The van der Waals surface area contributed by atoms with Crippen molar-refractivity contribution in [3.8, 4) is 11.5 Å². The van der Waals surface area contributed by atoms with E-state index in [0.717, 1.165) is 35.6 Å². The summed E-state index contributed by atoms with van der Waals surface area (Å²) in [6.45, 7) is 0. The lowest BCUT2D eigenvalue weighted by molar-refractivity contribution is 0.414. The smallest absolute Gasteiger partial charge is 0.120 e. The van der Waals surface area contributed by atoms with E-state index < -0.39 is 0 Å². The number of hydrogen-bond acceptors (Lipinski definition) is 3. The third-order valence-corrected chi connectivity index (χ3v) is 3.95. The van der Waals surface area contributed by atoms with Crippen LogP contribution in [0.5, 0.6) is 11.5 Å². The van der Waals surface area contributed by atoms with Crippen molar-refractivity contribution in [1.82, 2.24) is 0 Å². The summed E-state index contributed by atoms with van der Waals surface area (Å²) in [5.74, 6) is 1.67. The number of hydrogen-bond donors (Lipinski definition) is 1. The second-order valence-corrected chi connectivity index (χ2v) is 5.19. The Labute approximate surface area is 125 Å². The molecule has 0 atom stereocenters. The Hall–Kier alpha value is -2.42. The van der Waals surface area contributed by atoms with Gasteiger partial charge in [-0.3, -0.25) is 0 Å². The molecule has 0 saturated carbocycles. The van der Waals surface area contributed by atoms with E-state index >= 15 is 0 Å². The number of allylic oxidation sites excluding steroid dienone is 1. The molecule has 3 rings (SSSR count). The number of benzene rings is 2. The molecule has 0 saturated heterocycles. The van der Waals surface area contributed by atoms with E-state index in [9.17, 15) is 0 Å². The van der Waals surface area contributed by atoms with Gasteiger partial charge in [-0.15, -0.1) is 0 Å². The molecule has 1 aliphatic carbocycles. The van der Waals surface area contributed by atoms with Crippen molar-refractivity contribution in [3.05, 3.63) is 53.1 Å². The molecule has 3 heteroatoms. The van der Waals surface area contributed by atoms with Crippen LogP contribution in [-0.2, 0) is 6.42 Å². The molecule has 0 radical (unpaired) electrons. The molecule has 2 aromatic rings. The number of aryl methyl sites for hydroxylation is 1. The van der Waals surface area contributed by atoms with E-state index in [-0.39, 0.29) is 0 Å². The number of methoxy groups -OCH3 is 2. The van der Waals surface area contributed by atoms with E-state index in [0.29, 0.717) is 0 Å². The Morgan fingerprint density at radius 2 is 1.62 bits per heavy atom. The lowest BCUT2D eigenvalue weighted by Crippen LogP contribution is -2.02. The molecule has 0 amide bonds. The van der Waals surface area contributed by atoms with Crippen molar-refractivity contribution in [2.24, 2.45) is 0 Å². The van der Waals surface area contributed by atoms with Crippen LogP contribution < -0.4 is 15.2 Å². The Morgan fingerprint density at radius 1 is 0.905 bits per heavy atom. The SMILES string of the molecule is COc1ccc(C2=Cc3cc(OC)ccc3CC2)c(N)c1. The van der Waals surface area contributed by atoms with E-state index in [1.54, 1.807) is 14.2 Å². The summed E-state index contributed by atoms with van der Waals surface area (Å²) < 4.78 is 10.5. The zero-order chi connectivity index (χ0) is 14.8. The summed E-state index contributed by atoms with van der Waals surface area (Å²) in [6.07, 6.45) is 4.23. The van der Waals surface area contributed by atoms with Gasteiger partial charge in [0.1, 0.15) is 11.5 Å². The highest BCUT2D eigenvalue weighted by molar-refractivity contribution is 5.89. The third kappa shape index (κ3) is 2.59. The summed E-state index contributed by atoms with van der Waals surface area (Å²) in [7, 11) is 3.34. The van der Waals surface area contributed by atoms with E-state index in [4.69, 9.17) is 15.2 Å². The first-order valence-electron chi connectivity index (χ1n) is 7.02. The molecule has 2 aromatic carbocycles. The molecule has 0 unspecified atom stereocenters. The summed E-state index contributed by atoms with van der Waals surface area (Å²) in [5, 5.41) is 0. The fourth-order valence-electron chi connectivity index (χ4n) is 2.76. The number of rotatable bonds is 3. The van der Waals surface area contributed by atoms with Crippen molar-refractivity contribution in [2.75, 3.05) is 20.0 Å². The van der Waals surface area contributed by atoms with Crippen molar-refractivity contribution in [2.45, 2.75) is 12.8 Å². The minimum Gasteiger partial charge on any atom is -0.497 e. The number of nitrogens with two attached hydrogens (primary N) is 1. The number of ether oxygens (including phenoxy) is 2. The quantitative estimate of drug-likeness (QED) is 0.871. The fraction of sp³-hybridized carbons (Fsp3) is 0.222. The second kappa shape index (κ2) is 5.52. The van der Waals surface area contributed by atoms with E-state index in [1.807, 2.05) is 24.3 Å². The minimum atomic E-state index is 0.756. The topological polar surface area (TPSA) is 44.5 Å². The predicted molar refractivity (Wildman–Crippen MR) is 86.6 cm³/mol. The summed E-state index contributed by atoms with van der Waals surface area (Å²) >= 11 is 0. The zero-order valence-corrected chi connectivity index (χ0v) is 12.3. The number of nitrogen functional groups attached to an aromatic ring is 1. The van der Waals surface area contributed by atoms with Gasteiger partial charge >= 0.3 is 0 Å². The number of fused-ring (bicyclic) bond motifs is 1. The average Bonchev–Trinajstić information content (AvgIpc) is 2.53. The van der Waals surface area contributed by atoms with Gasteiger partial charge in [0, 0.05) is 17.3 Å². The molecule has 0 aromatic heterocycles. The normalized spacial score (nSPS) is 13.3. The summed E-state index contributed by atoms with van der Waals surface area (Å²) in [4.78, 5) is 0. The predicted octanol–water partition coefficient (Wildman–Crippen LogP) is 3.77. The Bertz CT molecular complexity index is 704. The van der Waals surface area contributed by atoms with Crippen LogP contribution in [0.25, 0.3) is 11.6 Å². The molecule has 0 heterocycles. The molecule has 0 fully saturated rings. The van der Waals surface area contributed by atoms with Crippen LogP contribution in [0.3, 0.4) is 0 Å². The van der Waals surface area contributed by atoms with Crippen molar-refractivity contribution in [3.63, 3.8) is 0 Å². The van der Waals surface area contributed by atoms with Crippen LogP contribution in [0.4, 0.5) is 5.69 Å². The maximum Gasteiger partial charge on any atom is 0.120 e. The van der Waals surface area contributed by atoms with Gasteiger partial charge in [-0.05, 0) is 53.8 Å². The maximum absolute atomic E-state index is 6.16. The van der Waals surface area contributed by atoms with Gasteiger partial charge in [0.25, 0.3) is 0 Å². The van der Waals surface area contributed by atoms with Gasteiger partial charge in [-0.1, -0.05) is 12.1 Å². The molecule has 0 spiro atoms. The Kier molecular flexibility index (Phi) is 3.57. The van der Waals surface area contributed by atoms with Crippen molar-refractivity contribution >= 4 is 17.3 Å². The standard InChI is InChI=1S/C18H19NO2/c1-20-15-6-5-12-3-4-13(9-14(12)10-15)17-8-7-16(21-2)11-18(17)19/h5-11H,3-4,19H2,1-2H3. The first-order valence-corrected chi connectivity index (χ1v) is 7.02. The summed E-state index contributed by atoms with van der Waals surface area (Å²) in [5.41, 5.74) is 11.8. The molecular formula is C18H19NO2. The lowest BCUT2D eigenvalue weighted by atomic mass is 9.88.